The van der Waals surface area contributed by atoms with Crippen molar-refractivity contribution < 1.29 is 0 Å². The number of allylic oxidation sites excluding steroid dienone is 1. The first-order valence-corrected chi connectivity index (χ1v) is 16.0. The molecule has 38 heavy (non-hydrogen) atoms. The van der Waals surface area contributed by atoms with Crippen molar-refractivity contribution in [3.63, 3.8) is 0 Å². The van der Waals surface area contributed by atoms with Crippen molar-refractivity contribution in [1.82, 2.24) is 9.80 Å². The first-order chi connectivity index (χ1) is 18.7. The number of fused-ring (bicyclic) bond motifs is 2. The van der Waals surface area contributed by atoms with E-state index < -0.39 is 0 Å². The first kappa shape index (κ1) is 28.9. The third kappa shape index (κ3) is 6.56. The lowest BCUT2D eigenvalue weighted by atomic mass is 9.54. The second kappa shape index (κ2) is 14.4. The summed E-state index contributed by atoms with van der Waals surface area (Å²) in [6.45, 7) is 14.2. The van der Waals surface area contributed by atoms with E-state index >= 15 is 0 Å². The maximum atomic E-state index is 2.94. The average molecular weight is 515 g/mol. The molecule has 0 radical (unpaired) electrons. The zero-order valence-corrected chi connectivity index (χ0v) is 24.9. The van der Waals surface area contributed by atoms with Crippen LogP contribution >= 0.6 is 0 Å². The second-order valence-corrected chi connectivity index (χ2v) is 12.0. The molecule has 2 nitrogen and oxygen atoms in total. The van der Waals surface area contributed by atoms with Crippen molar-refractivity contribution in [3.8, 4) is 0 Å². The monoisotopic (exact) mass is 514 g/mol. The van der Waals surface area contributed by atoms with E-state index in [1.165, 1.54) is 90.4 Å². The van der Waals surface area contributed by atoms with Gasteiger partial charge in [-0.05, 0) is 80.7 Å². The zero-order valence-electron chi connectivity index (χ0n) is 24.9. The van der Waals surface area contributed by atoms with Gasteiger partial charge in [0.15, 0.2) is 0 Å². The Bertz CT molecular complexity index is 900. The Morgan fingerprint density at radius 1 is 0.605 bits per heavy atom. The van der Waals surface area contributed by atoms with Gasteiger partial charge in [-0.15, -0.1) is 0 Å². The molecule has 2 heteroatoms. The summed E-state index contributed by atoms with van der Waals surface area (Å²) in [6, 6.07) is 23.1. The number of rotatable bonds is 16. The largest absolute Gasteiger partial charge is 0.375 e. The molecule has 1 saturated carbocycles. The van der Waals surface area contributed by atoms with Crippen molar-refractivity contribution in [1.29, 1.82) is 0 Å². The number of hydrogen-bond acceptors (Lipinski definition) is 2. The molecule has 0 unspecified atom stereocenters. The summed E-state index contributed by atoms with van der Waals surface area (Å²) >= 11 is 0. The van der Waals surface area contributed by atoms with Crippen LogP contribution in [0.3, 0.4) is 0 Å². The minimum absolute atomic E-state index is 0.131. The minimum Gasteiger partial charge on any atom is -0.375 e. The second-order valence-electron chi connectivity index (χ2n) is 12.0. The Morgan fingerprint density at radius 3 is 1.45 bits per heavy atom. The van der Waals surface area contributed by atoms with E-state index in [2.05, 4.69) is 104 Å². The van der Waals surface area contributed by atoms with Gasteiger partial charge in [0.25, 0.3) is 0 Å². The molecule has 0 N–H and O–H groups in total. The standard InChI is InChI=1S/C36H54N2/c1-5-9-23-37(24-10-6-2)34-29-36(38(25-11-7-3)26-12-8-4)27-32(30-19-15-13-16-20-30)35(34)33(28-36)31-21-17-14-18-22-31/h13-22,29,32-33,35H,5-12,23-28H2,1-4H3/t32-,33-,35?,36?/m0/s1. The maximum absolute atomic E-state index is 2.94. The molecule has 0 amide bonds. The quantitative estimate of drug-likeness (QED) is 0.220. The van der Waals surface area contributed by atoms with Crippen LogP contribution in [0.4, 0.5) is 0 Å². The van der Waals surface area contributed by atoms with Crippen LogP contribution in [0.2, 0.25) is 0 Å². The van der Waals surface area contributed by atoms with Crippen molar-refractivity contribution >= 4 is 0 Å². The Balaban J connectivity index is 1.88. The molecule has 3 aliphatic carbocycles. The van der Waals surface area contributed by atoms with E-state index in [-0.39, 0.29) is 5.54 Å². The third-order valence-corrected chi connectivity index (χ3v) is 9.35. The van der Waals surface area contributed by atoms with E-state index in [0.717, 1.165) is 0 Å². The molecular weight excluding hydrogens is 460 g/mol. The van der Waals surface area contributed by atoms with Gasteiger partial charge in [0.2, 0.25) is 0 Å². The summed E-state index contributed by atoms with van der Waals surface area (Å²) in [5, 5.41) is 0. The van der Waals surface area contributed by atoms with E-state index in [4.69, 9.17) is 0 Å². The van der Waals surface area contributed by atoms with E-state index in [1.54, 1.807) is 16.8 Å². The topological polar surface area (TPSA) is 6.48 Å². The first-order valence-electron chi connectivity index (χ1n) is 16.0. The summed E-state index contributed by atoms with van der Waals surface area (Å²) in [5.74, 6) is 1.67. The highest BCUT2D eigenvalue weighted by Crippen LogP contribution is 2.59. The van der Waals surface area contributed by atoms with Gasteiger partial charge in [-0.3, -0.25) is 4.90 Å². The van der Waals surface area contributed by atoms with Gasteiger partial charge in [0, 0.05) is 30.2 Å². The number of nitrogens with zero attached hydrogens (tertiary/aromatic N) is 2. The molecule has 2 atom stereocenters. The summed E-state index contributed by atoms with van der Waals surface area (Å²) in [7, 11) is 0. The van der Waals surface area contributed by atoms with Gasteiger partial charge in [-0.1, -0.05) is 114 Å². The molecule has 0 spiro atoms. The fraction of sp³-hybridized carbons (Fsp3) is 0.611. The SMILES string of the molecule is CCCCN(CCCC)C1=CC2(N(CCCC)CCCC)C[C@@H](c3ccccc3)C1[C@H](c1ccccc1)C2. The Morgan fingerprint density at radius 2 is 1.03 bits per heavy atom. The molecule has 0 heterocycles. The van der Waals surface area contributed by atoms with Crippen LogP contribution < -0.4 is 0 Å². The molecule has 0 saturated heterocycles. The van der Waals surface area contributed by atoms with Crippen molar-refractivity contribution in [3.05, 3.63) is 83.6 Å². The third-order valence-electron chi connectivity index (χ3n) is 9.35. The number of benzene rings is 2. The molecule has 2 aromatic rings. The lowest BCUT2D eigenvalue weighted by Gasteiger charge is -2.59. The van der Waals surface area contributed by atoms with Gasteiger partial charge < -0.3 is 4.90 Å². The summed E-state index contributed by atoms with van der Waals surface area (Å²) < 4.78 is 0. The van der Waals surface area contributed by atoms with Crippen LogP contribution in [-0.4, -0.2) is 41.5 Å². The van der Waals surface area contributed by atoms with E-state index in [9.17, 15) is 0 Å². The van der Waals surface area contributed by atoms with Crippen LogP contribution in [0, 0.1) is 5.92 Å². The lowest BCUT2D eigenvalue weighted by molar-refractivity contribution is 0.0261. The zero-order chi connectivity index (χ0) is 26.8. The van der Waals surface area contributed by atoms with Crippen LogP contribution in [-0.2, 0) is 0 Å². The normalized spacial score (nSPS) is 24.6. The molecule has 0 aromatic heterocycles. The molecule has 2 aromatic carbocycles. The predicted molar refractivity (Wildman–Crippen MR) is 165 cm³/mol. The molecule has 5 rings (SSSR count). The highest BCUT2D eigenvalue weighted by atomic mass is 15.2. The molecule has 1 fully saturated rings. The van der Waals surface area contributed by atoms with Crippen LogP contribution in [0.25, 0.3) is 0 Å². The number of hydrogen-bond donors (Lipinski definition) is 0. The Hall–Kier alpha value is -2.06. The molecular formula is C36H54N2. The smallest absolute Gasteiger partial charge is 0.0423 e. The maximum Gasteiger partial charge on any atom is 0.0423 e. The lowest BCUT2D eigenvalue weighted by Crippen LogP contribution is -2.59. The van der Waals surface area contributed by atoms with Gasteiger partial charge in [-0.25, -0.2) is 0 Å². The summed E-state index contributed by atoms with van der Waals surface area (Å²) in [4.78, 5) is 5.79. The summed E-state index contributed by atoms with van der Waals surface area (Å²) in [5.41, 5.74) is 4.90. The van der Waals surface area contributed by atoms with Crippen molar-refractivity contribution in [2.45, 2.75) is 109 Å². The van der Waals surface area contributed by atoms with E-state index in [1.807, 2.05) is 0 Å². The van der Waals surface area contributed by atoms with Gasteiger partial charge in [-0.2, -0.15) is 0 Å². The van der Waals surface area contributed by atoms with Crippen molar-refractivity contribution in [2.75, 3.05) is 26.2 Å². The molecule has 3 aliphatic rings. The number of unbranched alkanes of at least 4 members (excludes halogenated alkanes) is 4. The van der Waals surface area contributed by atoms with Gasteiger partial charge in [0.1, 0.15) is 0 Å². The summed E-state index contributed by atoms with van der Waals surface area (Å²) in [6.07, 6.45) is 15.5. The van der Waals surface area contributed by atoms with E-state index in [0.29, 0.717) is 17.8 Å². The minimum atomic E-state index is 0.131. The predicted octanol–water partition coefficient (Wildman–Crippen LogP) is 9.40. The molecule has 0 aliphatic heterocycles. The Kier molecular flexibility index (Phi) is 10.9. The van der Waals surface area contributed by atoms with Gasteiger partial charge in [0.05, 0.1) is 0 Å². The van der Waals surface area contributed by atoms with Crippen molar-refractivity contribution in [2.24, 2.45) is 5.92 Å². The van der Waals surface area contributed by atoms with Crippen LogP contribution in [0.15, 0.2) is 72.4 Å². The average Bonchev–Trinajstić information content (AvgIpc) is 2.98. The van der Waals surface area contributed by atoms with Crippen LogP contribution in [0.1, 0.15) is 115 Å². The Labute approximate surface area is 234 Å². The fourth-order valence-electron chi connectivity index (χ4n) is 7.31. The highest BCUT2D eigenvalue weighted by molar-refractivity contribution is 5.40. The highest BCUT2D eigenvalue weighted by Gasteiger charge is 2.54. The molecule has 2 bridgehead atoms. The fourth-order valence-corrected chi connectivity index (χ4v) is 7.31. The van der Waals surface area contributed by atoms with Gasteiger partial charge >= 0.3 is 0 Å². The van der Waals surface area contributed by atoms with Crippen LogP contribution in [0.5, 0.6) is 0 Å². The molecule has 208 valence electrons.